The van der Waals surface area contributed by atoms with Gasteiger partial charge in [-0.2, -0.15) is 0 Å². The van der Waals surface area contributed by atoms with Crippen molar-refractivity contribution in [1.29, 1.82) is 0 Å². The summed E-state index contributed by atoms with van der Waals surface area (Å²) in [6.07, 6.45) is 24.7. The van der Waals surface area contributed by atoms with Gasteiger partial charge in [0.05, 0.1) is 0 Å². The molecule has 0 nitrogen and oxygen atoms in total. The minimum Gasteiger partial charge on any atom is -0.103 e. The van der Waals surface area contributed by atoms with Crippen LogP contribution >= 0.6 is 0 Å². The van der Waals surface area contributed by atoms with E-state index in [0.717, 1.165) is 12.8 Å². The minimum atomic E-state index is 1.13. The Bertz CT molecular complexity index is 242. The Labute approximate surface area is 141 Å². The van der Waals surface area contributed by atoms with Gasteiger partial charge in [-0.05, 0) is 12.8 Å². The highest BCUT2D eigenvalue weighted by atomic mass is 14.0. The first-order chi connectivity index (χ1) is 10.9. The molecule has 0 bridgehead atoms. The van der Waals surface area contributed by atoms with Crippen LogP contribution in [0.4, 0.5) is 0 Å². The first kappa shape index (κ1) is 21.6. The number of rotatable bonds is 16. The highest BCUT2D eigenvalue weighted by molar-refractivity contribution is 4.98. The van der Waals surface area contributed by atoms with Gasteiger partial charge in [-0.25, -0.2) is 0 Å². The summed E-state index contributed by atoms with van der Waals surface area (Å²) in [6.45, 7) is 4.57. The third kappa shape index (κ3) is 19.6. The lowest BCUT2D eigenvalue weighted by Gasteiger charge is -2.00. The number of unbranched alkanes of at least 4 members (excludes halogenated alkanes) is 16. The number of hydrogen-bond donors (Lipinski definition) is 0. The van der Waals surface area contributed by atoms with Crippen LogP contribution in [-0.4, -0.2) is 0 Å². The van der Waals surface area contributed by atoms with Crippen molar-refractivity contribution in [2.45, 2.75) is 129 Å². The lowest BCUT2D eigenvalue weighted by Crippen LogP contribution is -1.81. The van der Waals surface area contributed by atoms with E-state index in [9.17, 15) is 0 Å². The van der Waals surface area contributed by atoms with Crippen molar-refractivity contribution in [3.05, 3.63) is 0 Å². The Morgan fingerprint density at radius 3 is 0.955 bits per heavy atom. The normalized spacial score (nSPS) is 10.5. The molecular formula is C22H42. The largest absolute Gasteiger partial charge is 0.103 e. The van der Waals surface area contributed by atoms with Crippen LogP contribution in [0.3, 0.4) is 0 Å². The van der Waals surface area contributed by atoms with E-state index in [0.29, 0.717) is 0 Å². The molecule has 0 unspecified atom stereocenters. The summed E-state index contributed by atoms with van der Waals surface area (Å²) in [6, 6.07) is 0. The van der Waals surface area contributed by atoms with Gasteiger partial charge in [0.15, 0.2) is 0 Å². The Morgan fingerprint density at radius 2 is 0.636 bits per heavy atom. The van der Waals surface area contributed by atoms with Gasteiger partial charge in [-0.15, -0.1) is 11.8 Å². The molecule has 0 atom stereocenters. The third-order valence-electron chi connectivity index (χ3n) is 4.44. The van der Waals surface area contributed by atoms with Gasteiger partial charge in [0, 0.05) is 12.8 Å². The molecule has 0 aromatic carbocycles. The molecule has 0 fully saturated rings. The van der Waals surface area contributed by atoms with E-state index < -0.39 is 0 Å². The van der Waals surface area contributed by atoms with Gasteiger partial charge in [-0.1, -0.05) is 104 Å². The fourth-order valence-electron chi connectivity index (χ4n) is 2.87. The zero-order valence-electron chi connectivity index (χ0n) is 15.7. The van der Waals surface area contributed by atoms with Gasteiger partial charge in [-0.3, -0.25) is 0 Å². The minimum absolute atomic E-state index is 1.13. The Balaban J connectivity index is 3.06. The maximum absolute atomic E-state index is 3.37. The summed E-state index contributed by atoms with van der Waals surface area (Å²) in [5.74, 6) is 6.73. The summed E-state index contributed by atoms with van der Waals surface area (Å²) in [7, 11) is 0. The Morgan fingerprint density at radius 1 is 0.364 bits per heavy atom. The Kier molecular flexibility index (Phi) is 20.1. The van der Waals surface area contributed by atoms with Crippen LogP contribution < -0.4 is 0 Å². The zero-order chi connectivity index (χ0) is 16.1. The standard InChI is InChI=1S/C22H42/c1-3-5-7-9-11-13-15-17-19-21-22-20-18-16-14-12-10-8-6-4-2/h3-19,21H2,1-2H3. The van der Waals surface area contributed by atoms with Crippen LogP contribution in [0.15, 0.2) is 0 Å². The number of hydrogen-bond acceptors (Lipinski definition) is 0. The summed E-state index contributed by atoms with van der Waals surface area (Å²) in [5.41, 5.74) is 0. The lowest BCUT2D eigenvalue weighted by atomic mass is 10.1. The first-order valence-corrected chi connectivity index (χ1v) is 10.4. The van der Waals surface area contributed by atoms with Crippen molar-refractivity contribution in [2.75, 3.05) is 0 Å². The molecule has 0 aromatic rings. The van der Waals surface area contributed by atoms with Crippen molar-refractivity contribution < 1.29 is 0 Å². The molecule has 0 aromatic heterocycles. The maximum Gasteiger partial charge on any atom is 0.00886 e. The molecule has 0 amide bonds. The van der Waals surface area contributed by atoms with E-state index in [2.05, 4.69) is 25.7 Å². The van der Waals surface area contributed by atoms with Crippen molar-refractivity contribution in [3.63, 3.8) is 0 Å². The van der Waals surface area contributed by atoms with Crippen molar-refractivity contribution in [2.24, 2.45) is 0 Å². The molecule has 22 heavy (non-hydrogen) atoms. The van der Waals surface area contributed by atoms with Crippen molar-refractivity contribution in [1.82, 2.24) is 0 Å². The maximum atomic E-state index is 3.37. The summed E-state index contributed by atoms with van der Waals surface area (Å²) in [5, 5.41) is 0. The van der Waals surface area contributed by atoms with Crippen LogP contribution in [0.5, 0.6) is 0 Å². The SMILES string of the molecule is CCCCCCCCCC#CCCCCCCCCCCC. The smallest absolute Gasteiger partial charge is 0.00886 e. The Hall–Kier alpha value is -0.440. The zero-order valence-corrected chi connectivity index (χ0v) is 15.7. The third-order valence-corrected chi connectivity index (χ3v) is 4.44. The van der Waals surface area contributed by atoms with Gasteiger partial charge in [0.2, 0.25) is 0 Å². The molecule has 0 saturated heterocycles. The molecule has 130 valence electrons. The molecule has 0 saturated carbocycles. The second kappa shape index (κ2) is 20.6. The molecule has 0 heterocycles. The summed E-state index contributed by atoms with van der Waals surface area (Å²) in [4.78, 5) is 0. The summed E-state index contributed by atoms with van der Waals surface area (Å²) < 4.78 is 0. The van der Waals surface area contributed by atoms with E-state index >= 15 is 0 Å². The molecule has 0 heteroatoms. The van der Waals surface area contributed by atoms with Crippen LogP contribution in [-0.2, 0) is 0 Å². The average Bonchev–Trinajstić information content (AvgIpc) is 2.54. The second-order valence-corrected chi connectivity index (χ2v) is 6.80. The quantitative estimate of drug-likeness (QED) is 0.200. The van der Waals surface area contributed by atoms with Gasteiger partial charge >= 0.3 is 0 Å². The molecule has 0 aliphatic heterocycles. The predicted molar refractivity (Wildman–Crippen MR) is 102 cm³/mol. The topological polar surface area (TPSA) is 0 Å². The second-order valence-electron chi connectivity index (χ2n) is 6.80. The highest BCUT2D eigenvalue weighted by Gasteiger charge is 1.91. The predicted octanol–water partition coefficient (Wildman–Crippen LogP) is 8.05. The van der Waals surface area contributed by atoms with E-state index in [-0.39, 0.29) is 0 Å². The van der Waals surface area contributed by atoms with Crippen LogP contribution in [0.2, 0.25) is 0 Å². The average molecular weight is 307 g/mol. The molecule has 0 N–H and O–H groups in total. The monoisotopic (exact) mass is 306 g/mol. The lowest BCUT2D eigenvalue weighted by molar-refractivity contribution is 0.567. The van der Waals surface area contributed by atoms with Crippen molar-refractivity contribution >= 4 is 0 Å². The van der Waals surface area contributed by atoms with Crippen LogP contribution in [0, 0.1) is 11.8 Å². The first-order valence-electron chi connectivity index (χ1n) is 10.4. The van der Waals surface area contributed by atoms with E-state index in [1.807, 2.05) is 0 Å². The van der Waals surface area contributed by atoms with Gasteiger partial charge in [0.1, 0.15) is 0 Å². The van der Waals surface area contributed by atoms with Gasteiger partial charge in [0.25, 0.3) is 0 Å². The molecule has 0 aliphatic carbocycles. The molecule has 0 rings (SSSR count). The molecule has 0 radical (unpaired) electrons. The summed E-state index contributed by atoms with van der Waals surface area (Å²) >= 11 is 0. The van der Waals surface area contributed by atoms with Crippen LogP contribution in [0.25, 0.3) is 0 Å². The van der Waals surface area contributed by atoms with E-state index in [4.69, 9.17) is 0 Å². The molecule has 0 aliphatic rings. The van der Waals surface area contributed by atoms with E-state index in [1.165, 1.54) is 103 Å². The van der Waals surface area contributed by atoms with Crippen LogP contribution in [0.1, 0.15) is 129 Å². The van der Waals surface area contributed by atoms with Crippen molar-refractivity contribution in [3.8, 4) is 11.8 Å². The van der Waals surface area contributed by atoms with E-state index in [1.54, 1.807) is 0 Å². The molecular weight excluding hydrogens is 264 g/mol. The fraction of sp³-hybridized carbons (Fsp3) is 0.909. The fourth-order valence-corrected chi connectivity index (χ4v) is 2.87. The van der Waals surface area contributed by atoms with Gasteiger partial charge < -0.3 is 0 Å². The molecule has 0 spiro atoms. The highest BCUT2D eigenvalue weighted by Crippen LogP contribution is 2.10.